The van der Waals surface area contributed by atoms with E-state index >= 15 is 0 Å². The minimum atomic E-state index is 0. The number of hydrogen-bond donors (Lipinski definition) is 2. The van der Waals surface area contributed by atoms with Gasteiger partial charge in [0.15, 0.2) is 5.96 Å². The van der Waals surface area contributed by atoms with Crippen LogP contribution in [0.3, 0.4) is 0 Å². The molecule has 1 unspecified atom stereocenters. The molecular weight excluding hydrogens is 465 g/mol. The Balaban J connectivity index is 0.00000280. The SMILES string of the molecule is CCNC(=NCc1ccccn1)NCC1CCN(c2cccc(OC)c2)C1.I. The van der Waals surface area contributed by atoms with Gasteiger partial charge in [-0.1, -0.05) is 12.1 Å². The predicted octanol–water partition coefficient (Wildman–Crippen LogP) is 3.29. The van der Waals surface area contributed by atoms with Crippen molar-refractivity contribution in [1.82, 2.24) is 15.6 Å². The van der Waals surface area contributed by atoms with Crippen LogP contribution in [0.2, 0.25) is 0 Å². The van der Waals surface area contributed by atoms with Gasteiger partial charge in [0.05, 0.1) is 19.3 Å². The largest absolute Gasteiger partial charge is 0.497 e. The van der Waals surface area contributed by atoms with Crippen molar-refractivity contribution in [2.45, 2.75) is 19.9 Å². The van der Waals surface area contributed by atoms with Crippen molar-refractivity contribution in [2.75, 3.05) is 38.2 Å². The molecule has 1 aromatic heterocycles. The van der Waals surface area contributed by atoms with Gasteiger partial charge in [0.1, 0.15) is 5.75 Å². The van der Waals surface area contributed by atoms with Gasteiger partial charge in [-0.3, -0.25) is 4.98 Å². The van der Waals surface area contributed by atoms with Gasteiger partial charge < -0.3 is 20.3 Å². The lowest BCUT2D eigenvalue weighted by Crippen LogP contribution is -2.40. The molecule has 0 aliphatic carbocycles. The Bertz CT molecular complexity index is 741. The molecule has 0 amide bonds. The van der Waals surface area contributed by atoms with E-state index in [1.807, 2.05) is 30.3 Å². The molecule has 1 aliphatic heterocycles. The summed E-state index contributed by atoms with van der Waals surface area (Å²) in [7, 11) is 1.71. The van der Waals surface area contributed by atoms with Gasteiger partial charge in [-0.15, -0.1) is 24.0 Å². The third-order valence-corrected chi connectivity index (χ3v) is 4.73. The van der Waals surface area contributed by atoms with E-state index in [9.17, 15) is 0 Å². The van der Waals surface area contributed by atoms with Gasteiger partial charge in [-0.2, -0.15) is 0 Å². The van der Waals surface area contributed by atoms with Crippen molar-refractivity contribution in [3.05, 3.63) is 54.4 Å². The van der Waals surface area contributed by atoms with E-state index in [4.69, 9.17) is 4.74 Å². The summed E-state index contributed by atoms with van der Waals surface area (Å²) in [5.41, 5.74) is 2.20. The second-order valence-electron chi connectivity index (χ2n) is 6.70. The average molecular weight is 495 g/mol. The summed E-state index contributed by atoms with van der Waals surface area (Å²) in [6.45, 7) is 6.53. The van der Waals surface area contributed by atoms with Crippen LogP contribution in [-0.4, -0.2) is 44.2 Å². The summed E-state index contributed by atoms with van der Waals surface area (Å²) < 4.78 is 5.34. The molecule has 6 nitrogen and oxygen atoms in total. The summed E-state index contributed by atoms with van der Waals surface area (Å²) >= 11 is 0. The van der Waals surface area contributed by atoms with E-state index in [-0.39, 0.29) is 24.0 Å². The van der Waals surface area contributed by atoms with Crippen molar-refractivity contribution >= 4 is 35.6 Å². The van der Waals surface area contributed by atoms with Gasteiger partial charge in [-0.05, 0) is 43.5 Å². The summed E-state index contributed by atoms with van der Waals surface area (Å²) in [6, 6.07) is 14.2. The number of hydrogen-bond acceptors (Lipinski definition) is 4. The van der Waals surface area contributed by atoms with Gasteiger partial charge in [-0.25, -0.2) is 4.99 Å². The summed E-state index contributed by atoms with van der Waals surface area (Å²) in [6.07, 6.45) is 2.97. The number of aromatic nitrogens is 1. The fourth-order valence-corrected chi connectivity index (χ4v) is 3.28. The maximum atomic E-state index is 5.34. The predicted molar refractivity (Wildman–Crippen MR) is 126 cm³/mol. The Morgan fingerprint density at radius 1 is 1.25 bits per heavy atom. The Morgan fingerprint density at radius 3 is 2.89 bits per heavy atom. The number of nitrogens with one attached hydrogen (secondary N) is 2. The van der Waals surface area contributed by atoms with E-state index in [2.05, 4.69) is 44.6 Å². The smallest absolute Gasteiger partial charge is 0.191 e. The first-order valence-corrected chi connectivity index (χ1v) is 9.59. The van der Waals surface area contributed by atoms with Gasteiger partial charge in [0, 0.05) is 44.1 Å². The normalized spacial score (nSPS) is 16.4. The fraction of sp³-hybridized carbons (Fsp3) is 0.429. The second kappa shape index (κ2) is 11.7. The summed E-state index contributed by atoms with van der Waals surface area (Å²) in [5, 5.41) is 6.80. The van der Waals surface area contributed by atoms with Crippen LogP contribution in [0.1, 0.15) is 19.0 Å². The van der Waals surface area contributed by atoms with E-state index in [1.54, 1.807) is 13.3 Å². The number of benzene rings is 1. The van der Waals surface area contributed by atoms with Gasteiger partial charge in [0.2, 0.25) is 0 Å². The zero-order chi connectivity index (χ0) is 18.9. The molecule has 0 radical (unpaired) electrons. The minimum Gasteiger partial charge on any atom is -0.497 e. The molecule has 1 atom stereocenters. The molecule has 0 spiro atoms. The van der Waals surface area contributed by atoms with E-state index in [0.717, 1.165) is 43.6 Å². The molecule has 3 rings (SSSR count). The highest BCUT2D eigenvalue weighted by atomic mass is 127. The molecule has 1 aromatic carbocycles. The molecule has 1 fully saturated rings. The molecule has 2 heterocycles. The lowest BCUT2D eigenvalue weighted by atomic mass is 10.1. The van der Waals surface area contributed by atoms with Crippen LogP contribution in [0.25, 0.3) is 0 Å². The Kier molecular flexibility index (Phi) is 9.33. The third-order valence-electron chi connectivity index (χ3n) is 4.73. The van der Waals surface area contributed by atoms with Crippen LogP contribution in [0.4, 0.5) is 5.69 Å². The van der Waals surface area contributed by atoms with E-state index < -0.39 is 0 Å². The van der Waals surface area contributed by atoms with Crippen LogP contribution < -0.4 is 20.3 Å². The average Bonchev–Trinajstić information content (AvgIpc) is 3.20. The van der Waals surface area contributed by atoms with Crippen molar-refractivity contribution < 1.29 is 4.74 Å². The van der Waals surface area contributed by atoms with Crippen molar-refractivity contribution in [3.63, 3.8) is 0 Å². The van der Waals surface area contributed by atoms with Crippen molar-refractivity contribution in [3.8, 4) is 5.75 Å². The number of halogens is 1. The van der Waals surface area contributed by atoms with Gasteiger partial charge in [0.25, 0.3) is 0 Å². The molecule has 28 heavy (non-hydrogen) atoms. The highest BCUT2D eigenvalue weighted by molar-refractivity contribution is 14.0. The fourth-order valence-electron chi connectivity index (χ4n) is 3.28. The summed E-state index contributed by atoms with van der Waals surface area (Å²) in [4.78, 5) is 11.4. The van der Waals surface area contributed by atoms with E-state index in [1.165, 1.54) is 12.1 Å². The van der Waals surface area contributed by atoms with Crippen LogP contribution in [-0.2, 0) is 6.54 Å². The zero-order valence-corrected chi connectivity index (χ0v) is 18.9. The first-order valence-electron chi connectivity index (χ1n) is 9.59. The van der Waals surface area contributed by atoms with Crippen LogP contribution in [0.15, 0.2) is 53.7 Å². The molecule has 7 heteroatoms. The number of anilines is 1. The zero-order valence-electron chi connectivity index (χ0n) is 16.6. The van der Waals surface area contributed by atoms with Crippen LogP contribution in [0, 0.1) is 5.92 Å². The topological polar surface area (TPSA) is 61.8 Å². The molecule has 0 bridgehead atoms. The second-order valence-corrected chi connectivity index (χ2v) is 6.70. The minimum absolute atomic E-state index is 0. The highest BCUT2D eigenvalue weighted by Crippen LogP contribution is 2.26. The highest BCUT2D eigenvalue weighted by Gasteiger charge is 2.23. The maximum Gasteiger partial charge on any atom is 0.191 e. The lowest BCUT2D eigenvalue weighted by Gasteiger charge is -2.20. The molecular formula is C21H30IN5O. The Morgan fingerprint density at radius 2 is 2.14 bits per heavy atom. The first-order chi connectivity index (χ1) is 13.3. The number of rotatable bonds is 7. The van der Waals surface area contributed by atoms with Crippen LogP contribution >= 0.6 is 24.0 Å². The number of ether oxygens (including phenoxy) is 1. The number of methoxy groups -OCH3 is 1. The molecule has 0 saturated carbocycles. The molecule has 2 N–H and O–H groups in total. The Labute approximate surface area is 184 Å². The Hall–Kier alpha value is -2.03. The third kappa shape index (κ3) is 6.54. The molecule has 1 saturated heterocycles. The maximum absolute atomic E-state index is 5.34. The van der Waals surface area contributed by atoms with Crippen molar-refractivity contribution in [2.24, 2.45) is 10.9 Å². The van der Waals surface area contributed by atoms with Crippen LogP contribution in [0.5, 0.6) is 5.75 Å². The number of nitrogens with zero attached hydrogens (tertiary/aromatic N) is 3. The molecule has 2 aromatic rings. The summed E-state index contributed by atoms with van der Waals surface area (Å²) in [5.74, 6) is 2.35. The molecule has 152 valence electrons. The van der Waals surface area contributed by atoms with E-state index in [0.29, 0.717) is 12.5 Å². The number of guanidine groups is 1. The van der Waals surface area contributed by atoms with Crippen molar-refractivity contribution in [1.29, 1.82) is 0 Å². The lowest BCUT2D eigenvalue weighted by molar-refractivity contribution is 0.415. The van der Waals surface area contributed by atoms with Gasteiger partial charge >= 0.3 is 0 Å². The quantitative estimate of drug-likeness (QED) is 0.351. The number of pyridine rings is 1. The standard InChI is InChI=1S/C21H29N5O.HI/c1-3-22-21(25-15-18-7-4-5-11-23-18)24-14-17-10-12-26(16-17)19-8-6-9-20(13-19)27-2;/h4-9,11,13,17H,3,10,12,14-16H2,1-2H3,(H2,22,24,25);1H. The molecule has 1 aliphatic rings. The first kappa shape index (κ1) is 22.3. The monoisotopic (exact) mass is 495 g/mol. The number of aliphatic imine (C=N–C) groups is 1.